The zero-order valence-corrected chi connectivity index (χ0v) is 9.68. The first-order chi connectivity index (χ1) is 7.97. The predicted molar refractivity (Wildman–Crippen MR) is 57.4 cm³/mol. The Kier molecular flexibility index (Phi) is 4.62. The number of H-pyrrole nitrogens is 1. The Hall–Kier alpha value is -1.43. The number of hydrogen-bond donors (Lipinski definition) is 1. The van der Waals surface area contributed by atoms with Crippen molar-refractivity contribution in [3.63, 3.8) is 0 Å². The van der Waals surface area contributed by atoms with E-state index < -0.39 is 29.8 Å². The minimum atomic E-state index is -2.92. The van der Waals surface area contributed by atoms with Crippen LogP contribution < -0.4 is 5.43 Å². The van der Waals surface area contributed by atoms with Gasteiger partial charge in [0.2, 0.25) is 0 Å². The van der Waals surface area contributed by atoms with Gasteiger partial charge in [-0.05, 0) is 6.92 Å². The number of rotatable bonds is 4. The van der Waals surface area contributed by atoms with Crippen LogP contribution in [0.5, 0.6) is 0 Å². The van der Waals surface area contributed by atoms with Crippen LogP contribution in [0.15, 0.2) is 11.0 Å². The number of carbonyl (C=O) groups excluding carboxylic acids is 1. The fourth-order valence-corrected chi connectivity index (χ4v) is 1.45. The maximum absolute atomic E-state index is 12.4. The third kappa shape index (κ3) is 3.26. The van der Waals surface area contributed by atoms with E-state index in [2.05, 4.69) is 9.72 Å². The maximum atomic E-state index is 12.4. The van der Waals surface area contributed by atoms with Gasteiger partial charge in [-0.15, -0.1) is 0 Å². The van der Waals surface area contributed by atoms with Crippen molar-refractivity contribution in [3.05, 3.63) is 32.7 Å². The summed E-state index contributed by atoms with van der Waals surface area (Å²) in [4.78, 5) is 25.1. The van der Waals surface area contributed by atoms with Crippen LogP contribution in [-0.4, -0.2) is 17.6 Å². The van der Waals surface area contributed by atoms with Gasteiger partial charge in [0.15, 0.2) is 5.43 Å². The highest BCUT2D eigenvalue weighted by atomic mass is 35.5. The minimum Gasteiger partial charge on any atom is -0.466 e. The van der Waals surface area contributed by atoms with Crippen LogP contribution in [0.4, 0.5) is 8.78 Å². The molecule has 1 N–H and O–H groups in total. The molecule has 0 saturated heterocycles. The summed E-state index contributed by atoms with van der Waals surface area (Å²) in [5.74, 6) is -0.689. The lowest BCUT2D eigenvalue weighted by atomic mass is 10.1. The molecule has 4 nitrogen and oxygen atoms in total. The van der Waals surface area contributed by atoms with Crippen LogP contribution >= 0.6 is 11.6 Å². The number of esters is 1. The second-order valence-electron chi connectivity index (χ2n) is 3.15. The second kappa shape index (κ2) is 5.77. The topological polar surface area (TPSA) is 59.2 Å². The van der Waals surface area contributed by atoms with Crippen molar-refractivity contribution >= 4 is 17.6 Å². The summed E-state index contributed by atoms with van der Waals surface area (Å²) in [7, 11) is 0. The first kappa shape index (κ1) is 13.6. The number of pyridine rings is 1. The first-order valence-corrected chi connectivity index (χ1v) is 5.18. The van der Waals surface area contributed by atoms with E-state index in [4.69, 9.17) is 11.6 Å². The van der Waals surface area contributed by atoms with E-state index in [-0.39, 0.29) is 17.3 Å². The van der Waals surface area contributed by atoms with Crippen LogP contribution in [0.1, 0.15) is 24.5 Å². The van der Waals surface area contributed by atoms with Crippen molar-refractivity contribution < 1.29 is 18.3 Å². The molecule has 1 rings (SSSR count). The Morgan fingerprint density at radius 1 is 1.59 bits per heavy atom. The summed E-state index contributed by atoms with van der Waals surface area (Å²) < 4.78 is 29.5. The molecule has 0 aliphatic rings. The fraction of sp³-hybridized carbons (Fsp3) is 0.400. The first-order valence-electron chi connectivity index (χ1n) is 4.81. The molecule has 1 aromatic heterocycles. The molecule has 0 spiro atoms. The van der Waals surface area contributed by atoms with E-state index in [1.165, 1.54) is 0 Å². The lowest BCUT2D eigenvalue weighted by molar-refractivity contribution is -0.142. The highest BCUT2D eigenvalue weighted by Crippen LogP contribution is 2.18. The van der Waals surface area contributed by atoms with Gasteiger partial charge in [0, 0.05) is 11.8 Å². The molecule has 0 unspecified atom stereocenters. The predicted octanol–water partition coefficient (Wildman–Crippen LogP) is 2.07. The number of nitrogens with one attached hydrogen (secondary N) is 1. The molecule has 0 fully saturated rings. The highest BCUT2D eigenvalue weighted by molar-refractivity contribution is 6.30. The smallest absolute Gasteiger partial charge is 0.310 e. The Bertz CT molecular complexity index is 473. The molecule has 0 aliphatic heterocycles. The van der Waals surface area contributed by atoms with Crippen molar-refractivity contribution in [2.45, 2.75) is 19.8 Å². The minimum absolute atomic E-state index is 0.132. The quantitative estimate of drug-likeness (QED) is 0.670. The van der Waals surface area contributed by atoms with Crippen molar-refractivity contribution in [1.82, 2.24) is 4.98 Å². The van der Waals surface area contributed by atoms with Gasteiger partial charge in [0.25, 0.3) is 6.43 Å². The highest BCUT2D eigenvalue weighted by Gasteiger charge is 2.19. The summed E-state index contributed by atoms with van der Waals surface area (Å²) >= 11 is 5.64. The van der Waals surface area contributed by atoms with Crippen molar-refractivity contribution in [2.75, 3.05) is 6.61 Å². The Balaban J connectivity index is 3.10. The largest absolute Gasteiger partial charge is 0.466 e. The number of aromatic nitrogens is 1. The SMILES string of the molecule is CCOC(=O)Cc1c(Cl)[nH]cc(C(F)F)c1=O. The lowest BCUT2D eigenvalue weighted by Gasteiger charge is -2.06. The van der Waals surface area contributed by atoms with Gasteiger partial charge in [-0.2, -0.15) is 0 Å². The Labute approximate surface area is 101 Å². The fourth-order valence-electron chi connectivity index (χ4n) is 1.24. The van der Waals surface area contributed by atoms with Gasteiger partial charge in [0.1, 0.15) is 5.15 Å². The molecule has 0 aliphatic carbocycles. The monoisotopic (exact) mass is 265 g/mol. The number of ether oxygens (including phenoxy) is 1. The molecule has 0 aromatic carbocycles. The van der Waals surface area contributed by atoms with E-state index in [0.29, 0.717) is 0 Å². The van der Waals surface area contributed by atoms with Crippen LogP contribution in [0.3, 0.4) is 0 Å². The maximum Gasteiger partial charge on any atom is 0.310 e. The van der Waals surface area contributed by atoms with Gasteiger partial charge >= 0.3 is 5.97 Å². The summed E-state index contributed by atoms with van der Waals surface area (Å²) in [6, 6.07) is 0. The molecule has 94 valence electrons. The normalized spacial score (nSPS) is 10.6. The standard InChI is InChI=1S/C10H10ClF2NO3/c1-2-17-7(15)3-5-8(16)6(10(12)13)4-14-9(5)11/h4,10H,2-3H2,1H3,(H,14,16). The third-order valence-corrected chi connectivity index (χ3v) is 2.35. The third-order valence-electron chi connectivity index (χ3n) is 2.02. The molecule has 0 bridgehead atoms. The molecule has 0 radical (unpaired) electrons. The molecule has 7 heteroatoms. The van der Waals surface area contributed by atoms with E-state index in [1.54, 1.807) is 6.92 Å². The molecular formula is C10H10ClF2NO3. The van der Waals surface area contributed by atoms with Crippen LogP contribution in [-0.2, 0) is 16.0 Å². The van der Waals surface area contributed by atoms with Gasteiger partial charge < -0.3 is 9.72 Å². The van der Waals surface area contributed by atoms with E-state index in [0.717, 1.165) is 6.20 Å². The summed E-state index contributed by atoms with van der Waals surface area (Å²) in [5.41, 5.74) is -1.85. The van der Waals surface area contributed by atoms with Crippen LogP contribution in [0.2, 0.25) is 5.15 Å². The van der Waals surface area contributed by atoms with E-state index in [9.17, 15) is 18.4 Å². The molecule has 0 atom stereocenters. The van der Waals surface area contributed by atoms with Gasteiger partial charge in [0.05, 0.1) is 18.6 Å². The van der Waals surface area contributed by atoms with E-state index >= 15 is 0 Å². The molecule has 0 saturated carbocycles. The number of aromatic amines is 1. The number of alkyl halides is 2. The summed E-state index contributed by atoms with van der Waals surface area (Å²) in [6.07, 6.45) is -2.51. The lowest BCUT2D eigenvalue weighted by Crippen LogP contribution is -2.20. The average Bonchev–Trinajstić information content (AvgIpc) is 2.24. The van der Waals surface area contributed by atoms with Gasteiger partial charge in [-0.3, -0.25) is 9.59 Å². The summed E-state index contributed by atoms with van der Waals surface area (Å²) in [5, 5.41) is -0.132. The van der Waals surface area contributed by atoms with Gasteiger partial charge in [-0.25, -0.2) is 8.78 Å². The van der Waals surface area contributed by atoms with Crippen molar-refractivity contribution in [3.8, 4) is 0 Å². The average molecular weight is 266 g/mol. The second-order valence-corrected chi connectivity index (χ2v) is 3.53. The number of hydrogen-bond acceptors (Lipinski definition) is 3. The Morgan fingerprint density at radius 3 is 2.76 bits per heavy atom. The van der Waals surface area contributed by atoms with E-state index in [1.807, 2.05) is 0 Å². The zero-order valence-electron chi connectivity index (χ0n) is 8.93. The summed E-state index contributed by atoms with van der Waals surface area (Å²) in [6.45, 7) is 1.74. The number of halogens is 3. The Morgan fingerprint density at radius 2 is 2.24 bits per heavy atom. The van der Waals surface area contributed by atoms with Crippen LogP contribution in [0.25, 0.3) is 0 Å². The van der Waals surface area contributed by atoms with Gasteiger partial charge in [-0.1, -0.05) is 11.6 Å². The van der Waals surface area contributed by atoms with Crippen molar-refractivity contribution in [1.29, 1.82) is 0 Å². The molecule has 17 heavy (non-hydrogen) atoms. The number of carbonyl (C=O) groups is 1. The molecule has 1 aromatic rings. The zero-order chi connectivity index (χ0) is 13.0. The molecule has 0 amide bonds. The molecular weight excluding hydrogens is 256 g/mol. The van der Waals surface area contributed by atoms with Crippen LogP contribution in [0, 0.1) is 0 Å². The van der Waals surface area contributed by atoms with Crippen molar-refractivity contribution in [2.24, 2.45) is 0 Å². The molecule has 1 heterocycles.